The normalized spacial score (nSPS) is 10.5. The summed E-state index contributed by atoms with van der Waals surface area (Å²) in [5.74, 6) is -0.401. The Morgan fingerprint density at radius 3 is 2.55 bits per heavy atom. The van der Waals surface area contributed by atoms with Gasteiger partial charge in [-0.3, -0.25) is 4.79 Å². The van der Waals surface area contributed by atoms with Gasteiger partial charge in [0.25, 0.3) is 5.91 Å². The van der Waals surface area contributed by atoms with Crippen molar-refractivity contribution in [1.29, 1.82) is 0 Å². The summed E-state index contributed by atoms with van der Waals surface area (Å²) < 4.78 is 4.37. The monoisotopic (exact) mass is 304 g/mol. The molecule has 2 rings (SSSR count). The maximum atomic E-state index is 11.7. The third-order valence-electron chi connectivity index (χ3n) is 3.10. The minimum atomic E-state index is -0.393. The van der Waals surface area contributed by atoms with Crippen LogP contribution in [0, 0.1) is 0 Å². The first kappa shape index (κ1) is 15.8. The molecule has 0 unspecified atom stereocenters. The molecule has 0 spiro atoms. The van der Waals surface area contributed by atoms with E-state index in [1.54, 1.807) is 0 Å². The molecule has 1 amide bonds. The van der Waals surface area contributed by atoms with Gasteiger partial charge in [-0.25, -0.2) is 4.63 Å². The fourth-order valence-electron chi connectivity index (χ4n) is 1.85. The molecule has 0 saturated carbocycles. The minimum absolute atomic E-state index is 0.00792. The van der Waals surface area contributed by atoms with Gasteiger partial charge in [0.1, 0.15) is 0 Å². The number of amides is 1. The van der Waals surface area contributed by atoms with Crippen LogP contribution in [0.3, 0.4) is 0 Å². The number of nitrogen functional groups attached to an aromatic ring is 1. The molecule has 4 N–H and O–H groups in total. The fourth-order valence-corrected chi connectivity index (χ4v) is 1.85. The van der Waals surface area contributed by atoms with Crippen LogP contribution in [0.1, 0.15) is 16.1 Å². The summed E-state index contributed by atoms with van der Waals surface area (Å²) in [5.41, 5.74) is 7.79. The Kier molecular flexibility index (Phi) is 5.31. The predicted molar refractivity (Wildman–Crippen MR) is 83.5 cm³/mol. The quantitative estimate of drug-likeness (QED) is 0.628. The van der Waals surface area contributed by atoms with E-state index in [0.717, 1.165) is 12.2 Å². The van der Waals surface area contributed by atoms with Gasteiger partial charge >= 0.3 is 0 Å². The third-order valence-corrected chi connectivity index (χ3v) is 3.10. The molecule has 0 aliphatic carbocycles. The lowest BCUT2D eigenvalue weighted by atomic mass is 10.2. The maximum absolute atomic E-state index is 11.7. The Labute approximate surface area is 128 Å². The van der Waals surface area contributed by atoms with Gasteiger partial charge in [0, 0.05) is 39.4 Å². The van der Waals surface area contributed by atoms with E-state index in [0.29, 0.717) is 13.1 Å². The number of rotatable bonds is 7. The van der Waals surface area contributed by atoms with Gasteiger partial charge in [-0.05, 0) is 28.0 Å². The van der Waals surface area contributed by atoms with Crippen molar-refractivity contribution in [3.8, 4) is 0 Å². The number of carbonyl (C=O) groups is 1. The van der Waals surface area contributed by atoms with Crippen molar-refractivity contribution >= 4 is 17.4 Å². The smallest absolute Gasteiger partial charge is 0.277 e. The van der Waals surface area contributed by atoms with Gasteiger partial charge in [0.15, 0.2) is 0 Å². The second kappa shape index (κ2) is 7.41. The number of aromatic nitrogens is 2. The molecule has 118 valence electrons. The number of carbonyl (C=O) groups excluding carboxylic acids is 1. The number of nitrogens with one attached hydrogen (secondary N) is 2. The minimum Gasteiger partial charge on any atom is -0.379 e. The Bertz CT molecular complexity index is 608. The first-order valence-corrected chi connectivity index (χ1v) is 6.91. The van der Waals surface area contributed by atoms with E-state index in [9.17, 15) is 4.79 Å². The van der Waals surface area contributed by atoms with E-state index in [4.69, 9.17) is 5.73 Å². The Morgan fingerprint density at radius 1 is 1.23 bits per heavy atom. The van der Waals surface area contributed by atoms with E-state index in [1.807, 2.05) is 14.1 Å². The molecule has 8 nitrogen and oxygen atoms in total. The highest BCUT2D eigenvalue weighted by molar-refractivity contribution is 5.95. The molecular formula is C14H20N6O2. The van der Waals surface area contributed by atoms with Gasteiger partial charge in [-0.15, -0.1) is 0 Å². The summed E-state index contributed by atoms with van der Waals surface area (Å²) in [6.45, 7) is 1.82. The molecule has 22 heavy (non-hydrogen) atoms. The highest BCUT2D eigenvalue weighted by atomic mass is 16.6. The molecule has 0 fully saturated rings. The topological polar surface area (TPSA) is 109 Å². The van der Waals surface area contributed by atoms with E-state index in [2.05, 4.69) is 54.7 Å². The van der Waals surface area contributed by atoms with E-state index < -0.39 is 5.91 Å². The lowest BCUT2D eigenvalue weighted by Gasteiger charge is -2.13. The first-order valence-electron chi connectivity index (χ1n) is 6.91. The molecule has 0 saturated heterocycles. The number of nitrogens with zero attached hydrogens (tertiary/aromatic N) is 3. The number of anilines is 2. The number of benzene rings is 1. The zero-order valence-electron chi connectivity index (χ0n) is 12.7. The first-order chi connectivity index (χ1) is 10.6. The molecule has 1 heterocycles. The van der Waals surface area contributed by atoms with Crippen molar-refractivity contribution in [2.24, 2.45) is 0 Å². The van der Waals surface area contributed by atoms with Crippen molar-refractivity contribution < 1.29 is 9.42 Å². The highest BCUT2D eigenvalue weighted by Crippen LogP contribution is 2.11. The van der Waals surface area contributed by atoms with E-state index in [-0.39, 0.29) is 11.5 Å². The Balaban J connectivity index is 1.67. The van der Waals surface area contributed by atoms with Crippen LogP contribution in [-0.2, 0) is 6.54 Å². The summed E-state index contributed by atoms with van der Waals surface area (Å²) in [5, 5.41) is 12.7. The van der Waals surface area contributed by atoms with Gasteiger partial charge in [-0.2, -0.15) is 0 Å². The van der Waals surface area contributed by atoms with Crippen molar-refractivity contribution in [3.63, 3.8) is 0 Å². The fraction of sp³-hybridized carbons (Fsp3) is 0.357. The van der Waals surface area contributed by atoms with Crippen LogP contribution in [0.15, 0.2) is 28.9 Å². The summed E-state index contributed by atoms with van der Waals surface area (Å²) in [6.07, 6.45) is 0. The lowest BCUT2D eigenvalue weighted by molar-refractivity contribution is 0.0944. The number of hydrogen-bond acceptors (Lipinski definition) is 7. The zero-order chi connectivity index (χ0) is 15.9. The van der Waals surface area contributed by atoms with Crippen LogP contribution < -0.4 is 21.3 Å². The molecule has 0 aliphatic rings. The largest absolute Gasteiger partial charge is 0.379 e. The molecule has 0 aliphatic heterocycles. The molecule has 1 aromatic carbocycles. The van der Waals surface area contributed by atoms with Crippen molar-refractivity contribution in [1.82, 2.24) is 20.9 Å². The van der Waals surface area contributed by atoms with Crippen LogP contribution in [0.2, 0.25) is 0 Å². The number of nitrogens with two attached hydrogens (primary N) is 1. The van der Waals surface area contributed by atoms with Gasteiger partial charge in [0.2, 0.25) is 11.5 Å². The molecule has 1 aromatic heterocycles. The Morgan fingerprint density at radius 2 is 1.95 bits per heavy atom. The number of hydrogen-bond donors (Lipinski definition) is 3. The van der Waals surface area contributed by atoms with Crippen LogP contribution >= 0.6 is 0 Å². The van der Waals surface area contributed by atoms with E-state index >= 15 is 0 Å². The third kappa shape index (κ3) is 4.19. The standard InChI is InChI=1S/C14H20N6O2/c1-20(2)11-5-3-10(4-6-11)9-16-7-8-17-14(21)12-13(15)19-22-18-12/h3-6,16H,7-9H2,1-2H3,(H2,15,19)(H,17,21). The molecule has 2 aromatic rings. The summed E-state index contributed by atoms with van der Waals surface area (Å²) in [7, 11) is 4.01. The van der Waals surface area contributed by atoms with Gasteiger partial charge in [0.05, 0.1) is 0 Å². The van der Waals surface area contributed by atoms with Crippen LogP contribution in [0.25, 0.3) is 0 Å². The molecule has 0 radical (unpaired) electrons. The molecular weight excluding hydrogens is 284 g/mol. The van der Waals surface area contributed by atoms with Crippen molar-refractivity contribution in [2.45, 2.75) is 6.54 Å². The zero-order valence-corrected chi connectivity index (χ0v) is 12.7. The molecule has 0 bridgehead atoms. The van der Waals surface area contributed by atoms with Crippen LogP contribution in [0.4, 0.5) is 11.5 Å². The van der Waals surface area contributed by atoms with Crippen LogP contribution in [0.5, 0.6) is 0 Å². The van der Waals surface area contributed by atoms with Crippen molar-refractivity contribution in [2.75, 3.05) is 37.8 Å². The Hall–Kier alpha value is -2.61. The van der Waals surface area contributed by atoms with E-state index in [1.165, 1.54) is 5.56 Å². The highest BCUT2D eigenvalue weighted by Gasteiger charge is 2.14. The molecule has 8 heteroatoms. The lowest BCUT2D eigenvalue weighted by Crippen LogP contribution is -2.32. The second-order valence-electron chi connectivity index (χ2n) is 4.99. The summed E-state index contributed by atoms with van der Waals surface area (Å²) in [4.78, 5) is 13.7. The SMILES string of the molecule is CN(C)c1ccc(CNCCNC(=O)c2nonc2N)cc1. The maximum Gasteiger partial charge on any atom is 0.277 e. The second-order valence-corrected chi connectivity index (χ2v) is 4.99. The average molecular weight is 304 g/mol. The van der Waals surface area contributed by atoms with Crippen molar-refractivity contribution in [3.05, 3.63) is 35.5 Å². The summed E-state index contributed by atoms with van der Waals surface area (Å²) >= 11 is 0. The van der Waals surface area contributed by atoms with Gasteiger partial charge in [-0.1, -0.05) is 12.1 Å². The average Bonchev–Trinajstić information content (AvgIpc) is 2.93. The summed E-state index contributed by atoms with van der Waals surface area (Å²) in [6, 6.07) is 8.28. The predicted octanol–water partition coefficient (Wildman–Crippen LogP) is 0.237. The van der Waals surface area contributed by atoms with Gasteiger partial charge < -0.3 is 21.3 Å². The molecule has 0 atom stereocenters. The van der Waals surface area contributed by atoms with Crippen LogP contribution in [-0.4, -0.2) is 43.4 Å².